The molecule has 2 bridgehead atoms. The van der Waals surface area contributed by atoms with Gasteiger partial charge >= 0.3 is 0 Å². The molecule has 2 aliphatic rings. The lowest BCUT2D eigenvalue weighted by Gasteiger charge is -2.10. The third-order valence-corrected chi connectivity index (χ3v) is 3.40. The van der Waals surface area contributed by atoms with Crippen LogP contribution in [-0.2, 0) is 0 Å². The summed E-state index contributed by atoms with van der Waals surface area (Å²) in [5.41, 5.74) is 0. The van der Waals surface area contributed by atoms with E-state index in [1.165, 1.54) is 4.91 Å². The summed E-state index contributed by atoms with van der Waals surface area (Å²) in [6, 6.07) is 0.299. The molecule has 0 saturated heterocycles. The highest BCUT2D eigenvalue weighted by Gasteiger charge is 2.05. The first-order valence-corrected chi connectivity index (χ1v) is 6.64. The molecule has 2 rings (SSSR count). The Bertz CT molecular complexity index is 424. The molecular formula is C15H17NS. The Morgan fingerprint density at radius 3 is 3.06 bits per heavy atom. The van der Waals surface area contributed by atoms with Crippen LogP contribution in [0.2, 0.25) is 0 Å². The average Bonchev–Trinajstić information content (AvgIpc) is 2.52. The van der Waals surface area contributed by atoms with Gasteiger partial charge in [0.25, 0.3) is 0 Å². The van der Waals surface area contributed by atoms with E-state index in [9.17, 15) is 0 Å². The molecule has 1 heterocycles. The van der Waals surface area contributed by atoms with Crippen LogP contribution in [0, 0.1) is 0 Å². The Morgan fingerprint density at radius 2 is 2.12 bits per heavy atom. The Morgan fingerprint density at radius 1 is 1.18 bits per heavy atom. The van der Waals surface area contributed by atoms with E-state index in [2.05, 4.69) is 66.6 Å². The average molecular weight is 243 g/mol. The second-order valence-corrected chi connectivity index (χ2v) is 5.12. The van der Waals surface area contributed by atoms with Crippen molar-refractivity contribution in [3.8, 4) is 0 Å². The number of nitrogens with one attached hydrogen (secondary N) is 1. The molecule has 0 spiro atoms. The number of allylic oxidation sites excluding steroid dienone is 6. The van der Waals surface area contributed by atoms with Gasteiger partial charge in [-0.15, -0.1) is 0 Å². The maximum Gasteiger partial charge on any atom is 0.0455 e. The summed E-state index contributed by atoms with van der Waals surface area (Å²) in [5, 5.41) is 3.47. The van der Waals surface area contributed by atoms with Crippen molar-refractivity contribution in [1.82, 2.24) is 5.32 Å². The lowest BCUT2D eigenvalue weighted by Crippen LogP contribution is -2.25. The molecule has 0 aromatic rings. The van der Waals surface area contributed by atoms with Crippen molar-refractivity contribution in [1.29, 1.82) is 0 Å². The summed E-state index contributed by atoms with van der Waals surface area (Å²) in [5.74, 6) is 0. The fourth-order valence-corrected chi connectivity index (χ4v) is 2.49. The van der Waals surface area contributed by atoms with Gasteiger partial charge in [0, 0.05) is 22.4 Å². The molecular weight excluding hydrogens is 226 g/mol. The molecule has 0 fully saturated rings. The Labute approximate surface area is 107 Å². The second-order valence-electron chi connectivity index (χ2n) is 3.92. The molecule has 1 aliphatic heterocycles. The van der Waals surface area contributed by atoms with Crippen LogP contribution in [0.3, 0.4) is 0 Å². The first-order valence-electron chi connectivity index (χ1n) is 5.83. The zero-order valence-electron chi connectivity index (χ0n) is 9.80. The Hall–Kier alpha value is -1.25. The van der Waals surface area contributed by atoms with Crippen molar-refractivity contribution < 1.29 is 0 Å². The van der Waals surface area contributed by atoms with Crippen LogP contribution in [0.5, 0.6) is 0 Å². The molecule has 1 nitrogen and oxygen atoms in total. The first-order chi connectivity index (χ1) is 8.34. The summed E-state index contributed by atoms with van der Waals surface area (Å²) in [7, 11) is 0. The van der Waals surface area contributed by atoms with Gasteiger partial charge in [-0.3, -0.25) is 0 Å². The zero-order valence-corrected chi connectivity index (χ0v) is 10.6. The minimum absolute atomic E-state index is 0.299. The highest BCUT2D eigenvalue weighted by molar-refractivity contribution is 8.07. The van der Waals surface area contributed by atoms with Gasteiger partial charge in [-0.05, 0) is 18.6 Å². The van der Waals surface area contributed by atoms with E-state index < -0.39 is 0 Å². The molecule has 17 heavy (non-hydrogen) atoms. The Balaban J connectivity index is 2.18. The van der Waals surface area contributed by atoms with Gasteiger partial charge in [0.15, 0.2) is 0 Å². The quantitative estimate of drug-likeness (QED) is 0.651. The summed E-state index contributed by atoms with van der Waals surface area (Å²) in [6.45, 7) is 4.96. The van der Waals surface area contributed by atoms with Crippen LogP contribution in [0.4, 0.5) is 0 Å². The van der Waals surface area contributed by atoms with Crippen molar-refractivity contribution in [3.63, 3.8) is 0 Å². The molecule has 88 valence electrons. The van der Waals surface area contributed by atoms with Crippen molar-refractivity contribution >= 4 is 11.8 Å². The van der Waals surface area contributed by atoms with Crippen molar-refractivity contribution in [3.05, 3.63) is 71.1 Å². The summed E-state index contributed by atoms with van der Waals surface area (Å²) >= 11 is 1.72. The van der Waals surface area contributed by atoms with Crippen LogP contribution in [0.15, 0.2) is 71.1 Å². The molecule has 1 unspecified atom stereocenters. The second kappa shape index (κ2) is 6.48. The predicted octanol–water partition coefficient (Wildman–Crippen LogP) is 3.72. The van der Waals surface area contributed by atoms with Crippen molar-refractivity contribution in [2.45, 2.75) is 12.5 Å². The van der Waals surface area contributed by atoms with Gasteiger partial charge in [0.2, 0.25) is 0 Å². The fourth-order valence-electron chi connectivity index (χ4n) is 1.66. The molecule has 0 saturated carbocycles. The number of fused-ring (bicyclic) bond motifs is 1. The van der Waals surface area contributed by atoms with Gasteiger partial charge in [-0.1, -0.05) is 60.9 Å². The first kappa shape index (κ1) is 12.2. The Kier molecular flexibility index (Phi) is 4.65. The van der Waals surface area contributed by atoms with Crippen LogP contribution < -0.4 is 5.32 Å². The third-order valence-electron chi connectivity index (χ3n) is 2.50. The van der Waals surface area contributed by atoms with E-state index in [1.54, 1.807) is 11.8 Å². The summed E-state index contributed by atoms with van der Waals surface area (Å²) in [6.07, 6.45) is 20.2. The van der Waals surface area contributed by atoms with E-state index in [0.29, 0.717) is 6.04 Å². The van der Waals surface area contributed by atoms with Crippen LogP contribution in [0.25, 0.3) is 0 Å². The molecule has 2 heteroatoms. The molecule has 0 aromatic heterocycles. The zero-order chi connectivity index (χ0) is 11.9. The molecule has 1 atom stereocenters. The number of hydrogen-bond acceptors (Lipinski definition) is 2. The van der Waals surface area contributed by atoms with Crippen molar-refractivity contribution in [2.24, 2.45) is 0 Å². The third kappa shape index (κ3) is 4.25. The maximum atomic E-state index is 4.06. The molecule has 0 aromatic carbocycles. The van der Waals surface area contributed by atoms with E-state index in [4.69, 9.17) is 0 Å². The van der Waals surface area contributed by atoms with Gasteiger partial charge < -0.3 is 5.32 Å². The standard InChI is InChI=1S/C15H17NS/c1-13-8-4-2-3-7-11-16-14-9-5-6-10-15(12-14)17-13/h3-10,12,14,16H,1-2,11H2/b7-3-,8-4-. The molecule has 0 amide bonds. The molecule has 0 radical (unpaired) electrons. The largest absolute Gasteiger partial charge is 0.304 e. The molecule has 1 aliphatic carbocycles. The van der Waals surface area contributed by atoms with Crippen LogP contribution in [0.1, 0.15) is 6.42 Å². The lowest BCUT2D eigenvalue weighted by atomic mass is 10.2. The lowest BCUT2D eigenvalue weighted by molar-refractivity contribution is 0.736. The minimum Gasteiger partial charge on any atom is -0.304 e. The minimum atomic E-state index is 0.299. The van der Waals surface area contributed by atoms with E-state index >= 15 is 0 Å². The van der Waals surface area contributed by atoms with E-state index in [1.807, 2.05) is 0 Å². The van der Waals surface area contributed by atoms with Gasteiger partial charge in [0.05, 0.1) is 0 Å². The van der Waals surface area contributed by atoms with Crippen molar-refractivity contribution in [2.75, 3.05) is 6.54 Å². The summed E-state index contributed by atoms with van der Waals surface area (Å²) in [4.78, 5) is 2.32. The van der Waals surface area contributed by atoms with E-state index in [0.717, 1.165) is 17.9 Å². The monoisotopic (exact) mass is 243 g/mol. The number of thioether (sulfide) groups is 1. The summed E-state index contributed by atoms with van der Waals surface area (Å²) < 4.78 is 0. The van der Waals surface area contributed by atoms with E-state index in [-0.39, 0.29) is 0 Å². The number of rotatable bonds is 0. The van der Waals surface area contributed by atoms with Gasteiger partial charge in [0.1, 0.15) is 0 Å². The smallest absolute Gasteiger partial charge is 0.0455 e. The van der Waals surface area contributed by atoms with Gasteiger partial charge in [-0.2, -0.15) is 0 Å². The van der Waals surface area contributed by atoms with Gasteiger partial charge in [-0.25, -0.2) is 0 Å². The maximum absolute atomic E-state index is 4.06. The molecule has 1 N–H and O–H groups in total. The highest BCUT2D eigenvalue weighted by Crippen LogP contribution is 2.27. The van der Waals surface area contributed by atoms with Crippen LogP contribution >= 0.6 is 11.8 Å². The highest BCUT2D eigenvalue weighted by atomic mass is 32.2. The van der Waals surface area contributed by atoms with Crippen LogP contribution in [-0.4, -0.2) is 12.6 Å². The normalized spacial score (nSPS) is 28.6. The number of hydrogen-bond donors (Lipinski definition) is 1. The fraction of sp³-hybridized carbons (Fsp3) is 0.200. The SMILES string of the molecule is C=C1/C=C\C/C=C\CNC2C=CC=CC(=C2)S1. The topological polar surface area (TPSA) is 12.0 Å². The predicted molar refractivity (Wildman–Crippen MR) is 77.8 cm³/mol.